The Labute approximate surface area is 102 Å². The fourth-order valence-corrected chi connectivity index (χ4v) is 3.93. The maximum Gasteiger partial charge on any atom is -0.0203 e. The normalized spacial score (nSPS) is 32.9. The average molecular weight is 220 g/mol. The van der Waals surface area contributed by atoms with Crippen LogP contribution in [0.15, 0.2) is 12.2 Å². The van der Waals surface area contributed by atoms with Gasteiger partial charge in [-0.1, -0.05) is 57.6 Å². The van der Waals surface area contributed by atoms with Crippen molar-refractivity contribution in [2.45, 2.75) is 71.1 Å². The van der Waals surface area contributed by atoms with E-state index in [4.69, 9.17) is 0 Å². The minimum Gasteiger partial charge on any atom is -0.0996 e. The summed E-state index contributed by atoms with van der Waals surface area (Å²) >= 11 is 0. The van der Waals surface area contributed by atoms with E-state index in [1.807, 2.05) is 0 Å². The summed E-state index contributed by atoms with van der Waals surface area (Å²) in [6.07, 6.45) is 14.5. The first kappa shape index (κ1) is 12.2. The Bertz CT molecular complexity index is 222. The van der Waals surface area contributed by atoms with Crippen molar-refractivity contribution in [3.8, 4) is 0 Å². The maximum absolute atomic E-state index is 4.29. The Morgan fingerprint density at radius 2 is 1.81 bits per heavy atom. The van der Waals surface area contributed by atoms with Crippen molar-refractivity contribution < 1.29 is 0 Å². The second-order valence-corrected chi connectivity index (χ2v) is 6.08. The van der Waals surface area contributed by atoms with Gasteiger partial charge in [0.25, 0.3) is 0 Å². The van der Waals surface area contributed by atoms with Crippen molar-refractivity contribution in [1.29, 1.82) is 0 Å². The average Bonchev–Trinajstić information content (AvgIpc) is 2.33. The summed E-state index contributed by atoms with van der Waals surface area (Å²) in [4.78, 5) is 0. The Morgan fingerprint density at radius 3 is 2.50 bits per heavy atom. The second kappa shape index (κ2) is 5.89. The van der Waals surface area contributed by atoms with Gasteiger partial charge in [0.05, 0.1) is 0 Å². The first-order chi connectivity index (χ1) is 7.81. The Kier molecular flexibility index (Phi) is 4.49. The molecule has 2 aliphatic rings. The van der Waals surface area contributed by atoms with Crippen LogP contribution in [0.25, 0.3) is 0 Å². The molecule has 2 saturated carbocycles. The molecular weight excluding hydrogens is 192 g/mol. The molecule has 0 radical (unpaired) electrons. The minimum atomic E-state index is 0.866. The fraction of sp³-hybridized carbons (Fsp3) is 0.875. The van der Waals surface area contributed by atoms with Crippen molar-refractivity contribution in [2.24, 2.45) is 17.8 Å². The van der Waals surface area contributed by atoms with Crippen molar-refractivity contribution in [2.75, 3.05) is 0 Å². The van der Waals surface area contributed by atoms with E-state index in [0.717, 1.165) is 17.8 Å². The molecular formula is C16H28. The molecule has 0 heteroatoms. The van der Waals surface area contributed by atoms with Gasteiger partial charge in [-0.3, -0.25) is 0 Å². The molecule has 2 aliphatic carbocycles. The largest absolute Gasteiger partial charge is 0.0996 e. The van der Waals surface area contributed by atoms with Gasteiger partial charge in [0.2, 0.25) is 0 Å². The van der Waals surface area contributed by atoms with Crippen molar-refractivity contribution >= 4 is 0 Å². The zero-order chi connectivity index (χ0) is 11.4. The standard InChI is InChI=1S/C16H28/c1-3-7-15-12-16(11-10-13(15)2)14-8-5-4-6-9-14/h14-16H,2-12H2,1H3. The van der Waals surface area contributed by atoms with Crippen molar-refractivity contribution in [3.63, 3.8) is 0 Å². The molecule has 0 bridgehead atoms. The van der Waals surface area contributed by atoms with Crippen molar-refractivity contribution in [1.82, 2.24) is 0 Å². The number of hydrogen-bond acceptors (Lipinski definition) is 0. The lowest BCUT2D eigenvalue weighted by Crippen LogP contribution is -2.25. The molecule has 0 aromatic heterocycles. The highest BCUT2D eigenvalue weighted by molar-refractivity contribution is 5.05. The van der Waals surface area contributed by atoms with E-state index < -0.39 is 0 Å². The predicted octanol–water partition coefficient (Wildman–Crippen LogP) is 5.34. The van der Waals surface area contributed by atoms with E-state index in [0.29, 0.717) is 0 Å². The van der Waals surface area contributed by atoms with Gasteiger partial charge in [0.1, 0.15) is 0 Å². The highest BCUT2D eigenvalue weighted by atomic mass is 14.4. The van der Waals surface area contributed by atoms with Crippen LogP contribution < -0.4 is 0 Å². The molecule has 2 fully saturated rings. The first-order valence-electron chi connectivity index (χ1n) is 7.49. The van der Waals surface area contributed by atoms with Gasteiger partial charge in [0, 0.05) is 0 Å². The molecule has 0 aromatic rings. The summed E-state index contributed by atoms with van der Waals surface area (Å²) in [7, 11) is 0. The van der Waals surface area contributed by atoms with Crippen LogP contribution in [0.2, 0.25) is 0 Å². The molecule has 0 saturated heterocycles. The molecule has 2 atom stereocenters. The van der Waals surface area contributed by atoms with Crippen LogP contribution in [0, 0.1) is 17.8 Å². The van der Waals surface area contributed by atoms with Crippen molar-refractivity contribution in [3.05, 3.63) is 12.2 Å². The van der Waals surface area contributed by atoms with Gasteiger partial charge in [-0.25, -0.2) is 0 Å². The Morgan fingerprint density at radius 1 is 1.06 bits per heavy atom. The summed E-state index contributed by atoms with van der Waals surface area (Å²) in [6.45, 7) is 6.61. The third-order valence-corrected chi connectivity index (χ3v) is 4.95. The zero-order valence-corrected chi connectivity index (χ0v) is 11.0. The topological polar surface area (TPSA) is 0 Å². The van der Waals surface area contributed by atoms with Crippen LogP contribution in [0.1, 0.15) is 71.1 Å². The lowest BCUT2D eigenvalue weighted by molar-refractivity contribution is 0.183. The molecule has 2 unspecified atom stereocenters. The van der Waals surface area contributed by atoms with Crippen LogP contribution in [0.3, 0.4) is 0 Å². The van der Waals surface area contributed by atoms with E-state index in [9.17, 15) is 0 Å². The molecule has 2 rings (SSSR count). The first-order valence-corrected chi connectivity index (χ1v) is 7.49. The third-order valence-electron chi connectivity index (χ3n) is 4.95. The summed E-state index contributed by atoms with van der Waals surface area (Å²) in [5.41, 5.74) is 1.56. The molecule has 0 N–H and O–H groups in total. The summed E-state index contributed by atoms with van der Waals surface area (Å²) in [5, 5.41) is 0. The van der Waals surface area contributed by atoms with E-state index >= 15 is 0 Å². The third kappa shape index (κ3) is 2.90. The molecule has 16 heavy (non-hydrogen) atoms. The van der Waals surface area contributed by atoms with Gasteiger partial charge in [0.15, 0.2) is 0 Å². The van der Waals surface area contributed by atoms with Gasteiger partial charge in [-0.15, -0.1) is 0 Å². The number of rotatable bonds is 3. The lowest BCUT2D eigenvalue weighted by atomic mass is 9.68. The molecule has 0 spiro atoms. The molecule has 0 amide bonds. The highest BCUT2D eigenvalue weighted by Gasteiger charge is 2.30. The summed E-state index contributed by atoms with van der Waals surface area (Å²) in [5.74, 6) is 2.98. The van der Waals surface area contributed by atoms with Gasteiger partial charge in [-0.05, 0) is 43.4 Å². The molecule has 92 valence electrons. The lowest BCUT2D eigenvalue weighted by Gasteiger charge is -2.37. The minimum absolute atomic E-state index is 0.866. The quantitative estimate of drug-likeness (QED) is 0.563. The number of hydrogen-bond donors (Lipinski definition) is 0. The SMILES string of the molecule is C=C1CCC(C2CCCCC2)CC1CCC. The second-order valence-electron chi connectivity index (χ2n) is 6.08. The smallest absolute Gasteiger partial charge is 0.0203 e. The number of allylic oxidation sites excluding steroid dienone is 1. The maximum atomic E-state index is 4.29. The summed E-state index contributed by atoms with van der Waals surface area (Å²) in [6, 6.07) is 0. The van der Waals surface area contributed by atoms with Gasteiger partial charge < -0.3 is 0 Å². The predicted molar refractivity (Wildman–Crippen MR) is 71.5 cm³/mol. The van der Waals surface area contributed by atoms with E-state index in [1.54, 1.807) is 5.57 Å². The molecule has 0 aromatic carbocycles. The fourth-order valence-electron chi connectivity index (χ4n) is 3.93. The highest BCUT2D eigenvalue weighted by Crippen LogP contribution is 2.42. The van der Waals surface area contributed by atoms with E-state index in [2.05, 4.69) is 13.5 Å². The zero-order valence-electron chi connectivity index (χ0n) is 11.0. The molecule has 0 aliphatic heterocycles. The van der Waals surface area contributed by atoms with Crippen LogP contribution in [-0.2, 0) is 0 Å². The Balaban J connectivity index is 1.88. The van der Waals surface area contributed by atoms with Gasteiger partial charge >= 0.3 is 0 Å². The van der Waals surface area contributed by atoms with E-state index in [1.165, 1.54) is 64.2 Å². The van der Waals surface area contributed by atoms with Gasteiger partial charge in [-0.2, -0.15) is 0 Å². The van der Waals surface area contributed by atoms with Crippen LogP contribution in [0.4, 0.5) is 0 Å². The van der Waals surface area contributed by atoms with Crippen LogP contribution in [0.5, 0.6) is 0 Å². The molecule has 0 heterocycles. The summed E-state index contributed by atoms with van der Waals surface area (Å²) < 4.78 is 0. The molecule has 0 nitrogen and oxygen atoms in total. The van der Waals surface area contributed by atoms with Crippen LogP contribution >= 0.6 is 0 Å². The monoisotopic (exact) mass is 220 g/mol. The Hall–Kier alpha value is -0.260. The van der Waals surface area contributed by atoms with Crippen LogP contribution in [-0.4, -0.2) is 0 Å². The van der Waals surface area contributed by atoms with E-state index in [-0.39, 0.29) is 0 Å².